The molecule has 1 aromatic rings. The van der Waals surface area contributed by atoms with Crippen LogP contribution in [-0.2, 0) is 0 Å². The molecule has 0 saturated carbocycles. The monoisotopic (exact) mass is 252 g/mol. The number of aliphatic hydroxyl groups excluding tert-OH is 1. The average molecular weight is 252 g/mol. The van der Waals surface area contributed by atoms with E-state index in [-0.39, 0.29) is 12.6 Å². The molecular weight excluding hydrogens is 232 g/mol. The topological polar surface area (TPSA) is 61.8 Å². The van der Waals surface area contributed by atoms with E-state index in [4.69, 9.17) is 9.84 Å². The molecule has 100 valence electrons. The number of hydrogen-bond acceptors (Lipinski definition) is 3. The van der Waals surface area contributed by atoms with Crippen LogP contribution in [0.3, 0.4) is 0 Å². The van der Waals surface area contributed by atoms with Gasteiger partial charge in [0.25, 0.3) is 0 Å². The SMILES string of the molecule is CCCOc1ccccc1NC(=O)N(C)CCO. The number of ether oxygens (including phenoxy) is 1. The zero-order valence-electron chi connectivity index (χ0n) is 10.8. The zero-order valence-corrected chi connectivity index (χ0v) is 10.8. The Morgan fingerprint density at radius 2 is 2.17 bits per heavy atom. The van der Waals surface area contributed by atoms with Crippen molar-refractivity contribution in [3.8, 4) is 5.75 Å². The van der Waals surface area contributed by atoms with Crippen LogP contribution in [0.25, 0.3) is 0 Å². The number of hydrogen-bond donors (Lipinski definition) is 2. The number of aliphatic hydroxyl groups is 1. The summed E-state index contributed by atoms with van der Waals surface area (Å²) >= 11 is 0. The third-order valence-electron chi connectivity index (χ3n) is 2.37. The van der Waals surface area contributed by atoms with Gasteiger partial charge in [-0.15, -0.1) is 0 Å². The Hall–Kier alpha value is -1.75. The zero-order chi connectivity index (χ0) is 13.4. The Balaban J connectivity index is 2.68. The number of para-hydroxylation sites is 2. The van der Waals surface area contributed by atoms with E-state index >= 15 is 0 Å². The number of urea groups is 1. The summed E-state index contributed by atoms with van der Waals surface area (Å²) in [5.74, 6) is 0.657. The standard InChI is InChI=1S/C13H20N2O3/c1-3-10-18-12-7-5-4-6-11(12)14-13(17)15(2)8-9-16/h4-7,16H,3,8-10H2,1-2H3,(H,14,17). The van der Waals surface area contributed by atoms with Gasteiger partial charge in [-0.2, -0.15) is 0 Å². The highest BCUT2D eigenvalue weighted by molar-refractivity contribution is 5.90. The van der Waals surface area contributed by atoms with Crippen LogP contribution in [-0.4, -0.2) is 42.8 Å². The second kappa shape index (κ2) is 7.55. The lowest BCUT2D eigenvalue weighted by Crippen LogP contribution is -2.33. The first kappa shape index (κ1) is 14.3. The van der Waals surface area contributed by atoms with Crippen molar-refractivity contribution < 1.29 is 14.6 Å². The summed E-state index contributed by atoms with van der Waals surface area (Å²) in [7, 11) is 1.63. The largest absolute Gasteiger partial charge is 0.491 e. The van der Waals surface area contributed by atoms with Crippen molar-refractivity contribution in [1.82, 2.24) is 4.90 Å². The van der Waals surface area contributed by atoms with E-state index in [0.29, 0.717) is 24.6 Å². The average Bonchev–Trinajstić information content (AvgIpc) is 2.38. The van der Waals surface area contributed by atoms with E-state index in [0.717, 1.165) is 6.42 Å². The highest BCUT2D eigenvalue weighted by atomic mass is 16.5. The molecule has 0 unspecified atom stereocenters. The second-order valence-corrected chi connectivity index (χ2v) is 3.92. The van der Waals surface area contributed by atoms with Gasteiger partial charge in [-0.05, 0) is 18.6 Å². The second-order valence-electron chi connectivity index (χ2n) is 3.92. The first-order valence-corrected chi connectivity index (χ1v) is 6.03. The van der Waals surface area contributed by atoms with Crippen molar-refractivity contribution in [2.24, 2.45) is 0 Å². The maximum Gasteiger partial charge on any atom is 0.321 e. The molecule has 0 atom stereocenters. The van der Waals surface area contributed by atoms with Crippen LogP contribution in [0, 0.1) is 0 Å². The number of nitrogens with zero attached hydrogens (tertiary/aromatic N) is 1. The summed E-state index contributed by atoms with van der Waals surface area (Å²) in [4.78, 5) is 13.2. The Morgan fingerprint density at radius 1 is 1.44 bits per heavy atom. The van der Waals surface area contributed by atoms with Crippen molar-refractivity contribution in [3.63, 3.8) is 0 Å². The minimum absolute atomic E-state index is 0.0576. The number of nitrogens with one attached hydrogen (secondary N) is 1. The molecule has 5 nitrogen and oxygen atoms in total. The molecule has 0 bridgehead atoms. The van der Waals surface area contributed by atoms with E-state index in [1.54, 1.807) is 13.1 Å². The quantitative estimate of drug-likeness (QED) is 0.813. The fourth-order valence-corrected chi connectivity index (χ4v) is 1.37. The van der Waals surface area contributed by atoms with Crippen molar-refractivity contribution in [3.05, 3.63) is 24.3 Å². The maximum absolute atomic E-state index is 11.8. The molecule has 2 N–H and O–H groups in total. The van der Waals surface area contributed by atoms with Gasteiger partial charge in [-0.1, -0.05) is 19.1 Å². The molecule has 0 heterocycles. The maximum atomic E-state index is 11.8. The fraction of sp³-hybridized carbons (Fsp3) is 0.462. The smallest absolute Gasteiger partial charge is 0.321 e. The van der Waals surface area contributed by atoms with Gasteiger partial charge in [0, 0.05) is 13.6 Å². The van der Waals surface area contributed by atoms with Gasteiger partial charge in [-0.3, -0.25) is 0 Å². The summed E-state index contributed by atoms with van der Waals surface area (Å²) in [5.41, 5.74) is 0.640. The molecule has 0 aromatic heterocycles. The van der Waals surface area contributed by atoms with Crippen molar-refractivity contribution >= 4 is 11.7 Å². The number of amides is 2. The third-order valence-corrected chi connectivity index (χ3v) is 2.37. The van der Waals surface area contributed by atoms with Gasteiger partial charge in [0.1, 0.15) is 5.75 Å². The van der Waals surface area contributed by atoms with Gasteiger partial charge in [-0.25, -0.2) is 4.79 Å². The van der Waals surface area contributed by atoms with Gasteiger partial charge in [0.05, 0.1) is 18.9 Å². The van der Waals surface area contributed by atoms with E-state index in [1.165, 1.54) is 4.90 Å². The molecule has 1 aromatic carbocycles. The van der Waals surface area contributed by atoms with Gasteiger partial charge in [0.15, 0.2) is 0 Å². The van der Waals surface area contributed by atoms with Crippen LogP contribution in [0.15, 0.2) is 24.3 Å². The minimum atomic E-state index is -0.267. The molecule has 18 heavy (non-hydrogen) atoms. The van der Waals surface area contributed by atoms with Crippen LogP contribution in [0.4, 0.5) is 10.5 Å². The van der Waals surface area contributed by atoms with Crippen LogP contribution < -0.4 is 10.1 Å². The molecule has 0 aliphatic carbocycles. The summed E-state index contributed by atoms with van der Waals surface area (Å²) in [6, 6.07) is 7.03. The van der Waals surface area contributed by atoms with Crippen LogP contribution >= 0.6 is 0 Å². The first-order chi connectivity index (χ1) is 8.69. The molecule has 2 amide bonds. The number of rotatable bonds is 6. The Morgan fingerprint density at radius 3 is 2.83 bits per heavy atom. The van der Waals surface area contributed by atoms with Crippen LogP contribution in [0.5, 0.6) is 5.75 Å². The molecule has 0 aliphatic rings. The van der Waals surface area contributed by atoms with E-state index < -0.39 is 0 Å². The van der Waals surface area contributed by atoms with Crippen molar-refractivity contribution in [2.45, 2.75) is 13.3 Å². The van der Waals surface area contributed by atoms with Crippen LogP contribution in [0.2, 0.25) is 0 Å². The fourth-order valence-electron chi connectivity index (χ4n) is 1.37. The molecule has 0 radical (unpaired) electrons. The van der Waals surface area contributed by atoms with Gasteiger partial charge >= 0.3 is 6.03 Å². The summed E-state index contributed by atoms with van der Waals surface area (Å²) in [5, 5.41) is 11.5. The van der Waals surface area contributed by atoms with E-state index in [9.17, 15) is 4.79 Å². The predicted octanol–water partition coefficient (Wildman–Crippen LogP) is 1.93. The summed E-state index contributed by atoms with van der Waals surface area (Å²) in [6.07, 6.45) is 0.909. The summed E-state index contributed by atoms with van der Waals surface area (Å²) < 4.78 is 5.54. The normalized spacial score (nSPS) is 9.94. The Bertz CT molecular complexity index is 382. The van der Waals surface area contributed by atoms with Gasteiger partial charge in [0.2, 0.25) is 0 Å². The van der Waals surface area contributed by atoms with Crippen molar-refractivity contribution in [1.29, 1.82) is 0 Å². The molecule has 0 spiro atoms. The number of benzene rings is 1. The molecule has 0 aliphatic heterocycles. The Labute approximate surface area is 107 Å². The number of carbonyl (C=O) groups excluding carboxylic acids is 1. The van der Waals surface area contributed by atoms with Crippen molar-refractivity contribution in [2.75, 3.05) is 32.1 Å². The van der Waals surface area contributed by atoms with E-state index in [1.807, 2.05) is 25.1 Å². The molecule has 5 heteroatoms. The number of anilines is 1. The highest BCUT2D eigenvalue weighted by Crippen LogP contribution is 2.24. The molecular formula is C13H20N2O3. The molecule has 1 rings (SSSR count). The molecule has 0 saturated heterocycles. The van der Waals surface area contributed by atoms with Gasteiger partial charge < -0.3 is 20.1 Å². The lowest BCUT2D eigenvalue weighted by molar-refractivity contribution is 0.202. The first-order valence-electron chi connectivity index (χ1n) is 6.03. The third kappa shape index (κ3) is 4.25. The minimum Gasteiger partial charge on any atom is -0.491 e. The lowest BCUT2D eigenvalue weighted by atomic mass is 10.3. The highest BCUT2D eigenvalue weighted by Gasteiger charge is 2.10. The lowest BCUT2D eigenvalue weighted by Gasteiger charge is -2.18. The van der Waals surface area contributed by atoms with E-state index in [2.05, 4.69) is 5.32 Å². The van der Waals surface area contributed by atoms with Crippen LogP contribution in [0.1, 0.15) is 13.3 Å². The number of carbonyl (C=O) groups is 1. The predicted molar refractivity (Wildman–Crippen MR) is 71.0 cm³/mol. The molecule has 0 fully saturated rings. The number of likely N-dealkylation sites (N-methyl/N-ethyl adjacent to an activating group) is 1. The Kier molecular flexibility index (Phi) is 6.00. The summed E-state index contributed by atoms with van der Waals surface area (Å²) in [6.45, 7) is 2.87.